The van der Waals surface area contributed by atoms with E-state index in [-0.39, 0.29) is 23.6 Å². The van der Waals surface area contributed by atoms with Crippen molar-refractivity contribution >= 4 is 29.0 Å². The fourth-order valence-electron chi connectivity index (χ4n) is 3.53. The number of anilines is 3. The number of aromatic nitrogens is 1. The van der Waals surface area contributed by atoms with Crippen molar-refractivity contribution < 1.29 is 27.2 Å². The van der Waals surface area contributed by atoms with E-state index in [9.17, 15) is 32.4 Å². The minimum absolute atomic E-state index is 0.0138. The van der Waals surface area contributed by atoms with Crippen LogP contribution in [0.2, 0.25) is 0 Å². The van der Waals surface area contributed by atoms with Gasteiger partial charge in [-0.2, -0.15) is 18.4 Å². The van der Waals surface area contributed by atoms with E-state index in [4.69, 9.17) is 0 Å². The van der Waals surface area contributed by atoms with Gasteiger partial charge in [0.15, 0.2) is 5.82 Å². The van der Waals surface area contributed by atoms with Crippen molar-refractivity contribution in [3.63, 3.8) is 0 Å². The van der Waals surface area contributed by atoms with Crippen LogP contribution in [0.4, 0.5) is 34.8 Å². The third-order valence-corrected chi connectivity index (χ3v) is 5.96. The summed E-state index contributed by atoms with van der Waals surface area (Å²) >= 11 is 0. The molecule has 3 N–H and O–H groups in total. The summed E-state index contributed by atoms with van der Waals surface area (Å²) in [5, 5.41) is 17.3. The van der Waals surface area contributed by atoms with Gasteiger partial charge in [-0.25, -0.2) is 9.37 Å². The van der Waals surface area contributed by atoms with Gasteiger partial charge in [-0.3, -0.25) is 9.59 Å². The van der Waals surface area contributed by atoms with E-state index in [2.05, 4.69) is 27.0 Å². The number of para-hydroxylation sites is 1. The number of nitrogens with one attached hydrogen (secondary N) is 3. The van der Waals surface area contributed by atoms with E-state index >= 15 is 0 Å². The Morgan fingerprint density at radius 2 is 1.78 bits per heavy atom. The summed E-state index contributed by atoms with van der Waals surface area (Å²) in [5.41, 5.74) is -0.941. The SMILES string of the molecule is Cc1ccccc1Nc1ncc(C(=O)NCC2(C#N)CC2)cc1NC(=O)c1cc(F)cc(C(F)(F)F)c1. The standard InChI is InChI=1S/C26H21F4N5O2/c1-15-4-2-3-5-20(15)34-22-21(10-17(12-32-22)23(36)33-14-25(13-31)6-7-25)35-24(37)16-8-18(26(28,29)30)11-19(27)9-16/h2-5,8-12H,6-7,14H2,1H3,(H,32,34)(H,33,36)(H,35,37). The third-order valence-electron chi connectivity index (χ3n) is 5.96. The van der Waals surface area contributed by atoms with Crippen LogP contribution in [-0.4, -0.2) is 23.3 Å². The van der Waals surface area contributed by atoms with Crippen molar-refractivity contribution in [2.24, 2.45) is 5.41 Å². The van der Waals surface area contributed by atoms with Gasteiger partial charge in [0.25, 0.3) is 11.8 Å². The Labute approximate surface area is 209 Å². The second-order valence-corrected chi connectivity index (χ2v) is 8.82. The van der Waals surface area contributed by atoms with Crippen LogP contribution in [0.25, 0.3) is 0 Å². The number of hydrogen-bond donors (Lipinski definition) is 3. The van der Waals surface area contributed by atoms with Crippen LogP contribution < -0.4 is 16.0 Å². The number of aryl methyl sites for hydroxylation is 1. The summed E-state index contributed by atoms with van der Waals surface area (Å²) < 4.78 is 53.3. The highest BCUT2D eigenvalue weighted by Crippen LogP contribution is 2.44. The van der Waals surface area contributed by atoms with E-state index in [0.29, 0.717) is 36.7 Å². The molecular formula is C26H21F4N5O2. The highest BCUT2D eigenvalue weighted by molar-refractivity contribution is 6.07. The number of amides is 2. The van der Waals surface area contributed by atoms with E-state index in [0.717, 1.165) is 5.56 Å². The molecule has 2 aromatic carbocycles. The van der Waals surface area contributed by atoms with Gasteiger partial charge in [-0.05, 0) is 55.7 Å². The molecule has 1 aliphatic rings. The number of nitriles is 1. The number of carbonyl (C=O) groups excluding carboxylic acids is 2. The van der Waals surface area contributed by atoms with Crippen molar-refractivity contribution in [1.29, 1.82) is 5.26 Å². The molecule has 0 aliphatic heterocycles. The number of alkyl halides is 3. The van der Waals surface area contributed by atoms with E-state index in [1.165, 1.54) is 12.3 Å². The van der Waals surface area contributed by atoms with Crippen LogP contribution in [0.3, 0.4) is 0 Å². The second kappa shape index (κ2) is 9.89. The first-order valence-electron chi connectivity index (χ1n) is 11.2. The van der Waals surface area contributed by atoms with Crippen LogP contribution in [0, 0.1) is 29.5 Å². The fraction of sp³-hybridized carbons (Fsp3) is 0.231. The summed E-state index contributed by atoms with van der Waals surface area (Å²) in [6.07, 6.45) is -2.23. The highest BCUT2D eigenvalue weighted by atomic mass is 19.4. The topological polar surface area (TPSA) is 107 Å². The molecule has 190 valence electrons. The molecule has 0 radical (unpaired) electrons. The van der Waals surface area contributed by atoms with Gasteiger partial charge >= 0.3 is 6.18 Å². The predicted octanol–water partition coefficient (Wildman–Crippen LogP) is 5.58. The van der Waals surface area contributed by atoms with E-state index < -0.39 is 40.3 Å². The summed E-state index contributed by atoms with van der Waals surface area (Å²) in [4.78, 5) is 29.8. The Hall–Kier alpha value is -4.46. The first-order valence-corrected chi connectivity index (χ1v) is 11.2. The van der Waals surface area contributed by atoms with Gasteiger partial charge in [-0.15, -0.1) is 0 Å². The molecule has 7 nitrogen and oxygen atoms in total. The number of halogens is 4. The van der Waals surface area contributed by atoms with Crippen molar-refractivity contribution in [3.8, 4) is 6.07 Å². The lowest BCUT2D eigenvalue weighted by Gasteiger charge is -2.16. The maximum atomic E-state index is 13.9. The number of hydrogen-bond acceptors (Lipinski definition) is 5. The average Bonchev–Trinajstić information content (AvgIpc) is 3.64. The second-order valence-electron chi connectivity index (χ2n) is 8.82. The Morgan fingerprint density at radius 3 is 2.43 bits per heavy atom. The minimum atomic E-state index is -4.85. The monoisotopic (exact) mass is 511 g/mol. The van der Waals surface area contributed by atoms with Crippen LogP contribution in [-0.2, 0) is 6.18 Å². The molecule has 1 aliphatic carbocycles. The number of carbonyl (C=O) groups is 2. The Bertz CT molecular complexity index is 1410. The Kier molecular flexibility index (Phi) is 6.85. The van der Waals surface area contributed by atoms with E-state index in [1.807, 2.05) is 19.1 Å². The molecule has 2 amide bonds. The zero-order valence-electron chi connectivity index (χ0n) is 19.5. The lowest BCUT2D eigenvalue weighted by molar-refractivity contribution is -0.137. The summed E-state index contributed by atoms with van der Waals surface area (Å²) in [6.45, 7) is 1.98. The van der Waals surface area contributed by atoms with Crippen molar-refractivity contribution in [2.75, 3.05) is 17.2 Å². The smallest absolute Gasteiger partial charge is 0.350 e. The molecule has 1 saturated carbocycles. The first kappa shape index (κ1) is 25.6. The predicted molar refractivity (Wildman–Crippen MR) is 128 cm³/mol. The summed E-state index contributed by atoms with van der Waals surface area (Å²) in [6, 6.07) is 12.2. The highest BCUT2D eigenvalue weighted by Gasteiger charge is 2.43. The number of pyridine rings is 1. The molecule has 1 heterocycles. The molecule has 1 aromatic heterocycles. The molecule has 3 aromatic rings. The zero-order valence-corrected chi connectivity index (χ0v) is 19.5. The van der Waals surface area contributed by atoms with Gasteiger partial charge in [-0.1, -0.05) is 18.2 Å². The zero-order chi connectivity index (χ0) is 26.8. The molecule has 0 atom stereocenters. The van der Waals surface area contributed by atoms with Crippen molar-refractivity contribution in [2.45, 2.75) is 25.9 Å². The maximum Gasteiger partial charge on any atom is 0.416 e. The molecule has 0 saturated heterocycles. The minimum Gasteiger partial charge on any atom is -0.350 e. The van der Waals surface area contributed by atoms with Gasteiger partial charge in [0.1, 0.15) is 5.82 Å². The molecule has 0 unspecified atom stereocenters. The molecule has 0 spiro atoms. The summed E-state index contributed by atoms with van der Waals surface area (Å²) in [7, 11) is 0. The normalized spacial score (nSPS) is 13.8. The third kappa shape index (κ3) is 6.03. The van der Waals surface area contributed by atoms with Crippen LogP contribution in [0.5, 0.6) is 0 Å². The maximum absolute atomic E-state index is 13.9. The number of benzene rings is 2. The van der Waals surface area contributed by atoms with Gasteiger partial charge < -0.3 is 16.0 Å². The quantitative estimate of drug-likeness (QED) is 0.359. The largest absolute Gasteiger partial charge is 0.416 e. The molecule has 0 bridgehead atoms. The van der Waals surface area contributed by atoms with Gasteiger partial charge in [0.05, 0.1) is 28.3 Å². The van der Waals surface area contributed by atoms with Crippen LogP contribution in [0.1, 0.15) is 44.7 Å². The van der Waals surface area contributed by atoms with Crippen molar-refractivity contribution in [1.82, 2.24) is 10.3 Å². The lowest BCUT2D eigenvalue weighted by atomic mass is 10.1. The molecular weight excluding hydrogens is 490 g/mol. The Morgan fingerprint density at radius 1 is 1.05 bits per heavy atom. The molecule has 4 rings (SSSR count). The average molecular weight is 511 g/mol. The number of nitrogens with zero attached hydrogens (tertiary/aromatic N) is 2. The first-order chi connectivity index (χ1) is 17.5. The molecule has 37 heavy (non-hydrogen) atoms. The van der Waals surface area contributed by atoms with Crippen LogP contribution in [0.15, 0.2) is 54.7 Å². The molecule has 11 heteroatoms. The van der Waals surface area contributed by atoms with Gasteiger partial charge in [0, 0.05) is 24.0 Å². The van der Waals surface area contributed by atoms with Gasteiger partial charge in [0.2, 0.25) is 0 Å². The lowest BCUT2D eigenvalue weighted by Crippen LogP contribution is -2.30. The van der Waals surface area contributed by atoms with E-state index in [1.54, 1.807) is 12.1 Å². The van der Waals surface area contributed by atoms with Crippen molar-refractivity contribution in [3.05, 3.63) is 82.8 Å². The summed E-state index contributed by atoms with van der Waals surface area (Å²) in [5.74, 6) is -2.69. The fourth-order valence-corrected chi connectivity index (χ4v) is 3.53. The molecule has 1 fully saturated rings. The van der Waals surface area contributed by atoms with Crippen LogP contribution >= 0.6 is 0 Å². The number of rotatable bonds is 7. The Balaban J connectivity index is 1.65.